The van der Waals surface area contributed by atoms with Gasteiger partial charge in [-0.25, -0.2) is 13.6 Å². The first-order valence-corrected chi connectivity index (χ1v) is 5.65. The first kappa shape index (κ1) is 11.9. The van der Waals surface area contributed by atoms with Crippen LogP contribution in [-0.2, 0) is 10.3 Å². The zero-order valence-corrected chi connectivity index (χ0v) is 9.33. The van der Waals surface area contributed by atoms with Gasteiger partial charge in [-0.15, -0.1) is 0 Å². The molecule has 0 aliphatic heterocycles. The average molecular weight is 237 g/mol. The Balaban J connectivity index is 2.34. The van der Waals surface area contributed by atoms with E-state index in [-0.39, 0.29) is 5.56 Å². The lowest BCUT2D eigenvalue weighted by molar-refractivity contribution is 0.151. The number of benzene rings is 1. The number of carbonyl (C=O) groups excluding carboxylic acids is 1. The number of hydrogen-bond acceptors (Lipinski definition) is 2. The molecule has 0 heterocycles. The highest BCUT2D eigenvalue weighted by Crippen LogP contribution is 2.42. The highest BCUT2D eigenvalue weighted by atomic mass is 19.3. The first-order chi connectivity index (χ1) is 8.18. The molecule has 2 nitrogen and oxygen atoms in total. The fourth-order valence-corrected chi connectivity index (χ4v) is 2.45. The highest BCUT2D eigenvalue weighted by molar-refractivity contribution is 5.39. The van der Waals surface area contributed by atoms with Crippen LogP contribution in [0.2, 0.25) is 0 Å². The molecule has 0 radical (unpaired) electrons. The van der Waals surface area contributed by atoms with E-state index < -0.39 is 12.0 Å². The Hall–Kier alpha value is -1.54. The van der Waals surface area contributed by atoms with Gasteiger partial charge in [0.1, 0.15) is 0 Å². The molecule has 0 aromatic heterocycles. The summed E-state index contributed by atoms with van der Waals surface area (Å²) >= 11 is 0. The van der Waals surface area contributed by atoms with Gasteiger partial charge in [0, 0.05) is 5.56 Å². The maximum absolute atomic E-state index is 12.4. The van der Waals surface area contributed by atoms with Gasteiger partial charge in [-0.2, -0.15) is 4.99 Å². The highest BCUT2D eigenvalue weighted by Gasteiger charge is 2.35. The first-order valence-electron chi connectivity index (χ1n) is 5.65. The van der Waals surface area contributed by atoms with E-state index in [0.29, 0.717) is 0 Å². The van der Waals surface area contributed by atoms with E-state index in [1.807, 2.05) is 0 Å². The summed E-state index contributed by atoms with van der Waals surface area (Å²) in [4.78, 5) is 14.4. The van der Waals surface area contributed by atoms with Gasteiger partial charge >= 0.3 is 0 Å². The summed E-state index contributed by atoms with van der Waals surface area (Å²) in [5, 5.41) is 0. The van der Waals surface area contributed by atoms with Crippen molar-refractivity contribution in [3.8, 4) is 0 Å². The van der Waals surface area contributed by atoms with Crippen LogP contribution in [0.25, 0.3) is 0 Å². The second kappa shape index (κ2) is 4.76. The van der Waals surface area contributed by atoms with E-state index >= 15 is 0 Å². The van der Waals surface area contributed by atoms with Gasteiger partial charge < -0.3 is 0 Å². The molecule has 0 bridgehead atoms. The molecular formula is C13H13F2NO. The average Bonchev–Trinajstić information content (AvgIpc) is 2.79. The van der Waals surface area contributed by atoms with Crippen LogP contribution in [0.4, 0.5) is 8.78 Å². The van der Waals surface area contributed by atoms with Crippen molar-refractivity contribution in [3.05, 3.63) is 35.4 Å². The lowest BCUT2D eigenvalue weighted by atomic mass is 9.88. The van der Waals surface area contributed by atoms with Gasteiger partial charge in [-0.3, -0.25) is 0 Å². The Kier molecular flexibility index (Phi) is 3.34. The summed E-state index contributed by atoms with van der Waals surface area (Å²) in [6, 6.07) is 6.10. The van der Waals surface area contributed by atoms with Crippen LogP contribution in [0, 0.1) is 0 Å². The lowest BCUT2D eigenvalue weighted by Gasteiger charge is -2.22. The number of hydrogen-bond donors (Lipinski definition) is 0. The van der Waals surface area contributed by atoms with Crippen LogP contribution in [0.15, 0.2) is 29.3 Å². The molecule has 0 saturated heterocycles. The standard InChI is InChI=1S/C13H13F2NO/c14-12(15)10-3-5-11(6-4-10)13(16-9-17)7-1-2-8-13/h3-6,12H,1-2,7-8H2. The maximum atomic E-state index is 12.4. The third-order valence-corrected chi connectivity index (χ3v) is 3.39. The van der Waals surface area contributed by atoms with E-state index in [0.717, 1.165) is 31.2 Å². The SMILES string of the molecule is O=C=NC1(c2ccc(C(F)F)cc2)CCCC1. The summed E-state index contributed by atoms with van der Waals surface area (Å²) in [7, 11) is 0. The molecule has 1 aromatic carbocycles. The van der Waals surface area contributed by atoms with Crippen molar-refractivity contribution < 1.29 is 13.6 Å². The van der Waals surface area contributed by atoms with E-state index in [9.17, 15) is 13.6 Å². The Labute approximate surface area is 98.4 Å². The van der Waals surface area contributed by atoms with Crippen LogP contribution in [-0.4, -0.2) is 6.08 Å². The van der Waals surface area contributed by atoms with Crippen molar-refractivity contribution in [1.29, 1.82) is 0 Å². The third-order valence-electron chi connectivity index (χ3n) is 3.39. The van der Waals surface area contributed by atoms with Crippen molar-refractivity contribution in [2.45, 2.75) is 37.6 Å². The summed E-state index contributed by atoms with van der Waals surface area (Å²) in [6.45, 7) is 0. The summed E-state index contributed by atoms with van der Waals surface area (Å²) < 4.78 is 24.9. The van der Waals surface area contributed by atoms with Crippen molar-refractivity contribution in [1.82, 2.24) is 0 Å². The predicted octanol–water partition coefficient (Wildman–Crippen LogP) is 3.73. The molecule has 0 unspecified atom stereocenters. The van der Waals surface area contributed by atoms with Gasteiger partial charge in [0.25, 0.3) is 6.43 Å². The summed E-state index contributed by atoms with van der Waals surface area (Å²) in [6.07, 6.45) is 2.73. The van der Waals surface area contributed by atoms with Crippen LogP contribution in [0.5, 0.6) is 0 Å². The van der Waals surface area contributed by atoms with Gasteiger partial charge in [-0.1, -0.05) is 37.1 Å². The second-order valence-corrected chi connectivity index (χ2v) is 4.36. The molecular weight excluding hydrogens is 224 g/mol. The molecule has 0 spiro atoms. The molecule has 0 N–H and O–H groups in total. The van der Waals surface area contributed by atoms with Gasteiger partial charge in [-0.05, 0) is 18.4 Å². The monoisotopic (exact) mass is 237 g/mol. The summed E-state index contributed by atoms with van der Waals surface area (Å²) in [5.74, 6) is 0. The quantitative estimate of drug-likeness (QED) is 0.581. The molecule has 1 saturated carbocycles. The van der Waals surface area contributed by atoms with Crippen molar-refractivity contribution in [3.63, 3.8) is 0 Å². The number of aliphatic imine (C=N–C) groups is 1. The Morgan fingerprint density at radius 1 is 1.18 bits per heavy atom. The van der Waals surface area contributed by atoms with Gasteiger partial charge in [0.2, 0.25) is 6.08 Å². The van der Waals surface area contributed by atoms with E-state index in [4.69, 9.17) is 0 Å². The molecule has 90 valence electrons. The summed E-state index contributed by atoms with van der Waals surface area (Å²) in [5.41, 5.74) is 0.308. The number of rotatable bonds is 3. The van der Waals surface area contributed by atoms with Gasteiger partial charge in [0.05, 0.1) is 5.54 Å². The van der Waals surface area contributed by atoms with E-state index in [1.165, 1.54) is 12.1 Å². The molecule has 4 heteroatoms. The van der Waals surface area contributed by atoms with Crippen LogP contribution in [0.3, 0.4) is 0 Å². The number of isocyanates is 1. The largest absolute Gasteiger partial charge is 0.263 e. The van der Waals surface area contributed by atoms with Crippen molar-refractivity contribution >= 4 is 6.08 Å². The minimum atomic E-state index is -2.46. The van der Waals surface area contributed by atoms with E-state index in [2.05, 4.69) is 4.99 Å². The minimum absolute atomic E-state index is 0.00280. The smallest absolute Gasteiger partial charge is 0.211 e. The molecule has 1 fully saturated rings. The minimum Gasteiger partial charge on any atom is -0.211 e. The second-order valence-electron chi connectivity index (χ2n) is 4.36. The maximum Gasteiger partial charge on any atom is 0.263 e. The molecule has 0 atom stereocenters. The zero-order chi connectivity index (χ0) is 12.3. The fraction of sp³-hybridized carbons (Fsp3) is 0.462. The normalized spacial score (nSPS) is 18.1. The predicted molar refractivity (Wildman–Crippen MR) is 59.7 cm³/mol. The molecule has 1 aliphatic rings. The number of nitrogens with zero attached hydrogens (tertiary/aromatic N) is 1. The molecule has 1 aromatic rings. The third kappa shape index (κ3) is 2.27. The van der Waals surface area contributed by atoms with Crippen molar-refractivity contribution in [2.24, 2.45) is 4.99 Å². The molecule has 17 heavy (non-hydrogen) atoms. The fourth-order valence-electron chi connectivity index (χ4n) is 2.45. The van der Waals surface area contributed by atoms with Gasteiger partial charge in [0.15, 0.2) is 0 Å². The Morgan fingerprint density at radius 3 is 2.24 bits per heavy atom. The molecule has 1 aliphatic carbocycles. The number of alkyl halides is 2. The van der Waals surface area contributed by atoms with Crippen molar-refractivity contribution in [2.75, 3.05) is 0 Å². The zero-order valence-electron chi connectivity index (χ0n) is 9.33. The Morgan fingerprint density at radius 2 is 1.76 bits per heavy atom. The number of halogens is 2. The van der Waals surface area contributed by atoms with Crippen LogP contribution in [0.1, 0.15) is 43.2 Å². The Bertz CT molecular complexity index is 429. The van der Waals surface area contributed by atoms with Crippen LogP contribution < -0.4 is 0 Å². The van der Waals surface area contributed by atoms with Crippen LogP contribution >= 0.6 is 0 Å². The van der Waals surface area contributed by atoms with E-state index in [1.54, 1.807) is 18.2 Å². The topological polar surface area (TPSA) is 29.4 Å². The molecule has 0 amide bonds. The molecule has 2 rings (SSSR count). The lowest BCUT2D eigenvalue weighted by Crippen LogP contribution is -2.18.